The van der Waals surface area contributed by atoms with Gasteiger partial charge in [-0.1, -0.05) is 18.2 Å². The van der Waals surface area contributed by atoms with Crippen molar-refractivity contribution >= 4 is 11.8 Å². The van der Waals surface area contributed by atoms with E-state index in [0.29, 0.717) is 37.7 Å². The Labute approximate surface area is 187 Å². The molecule has 1 aromatic carbocycles. The average Bonchev–Trinajstić information content (AvgIpc) is 2.81. The van der Waals surface area contributed by atoms with Crippen LogP contribution in [0.5, 0.6) is 11.5 Å². The molecule has 1 saturated heterocycles. The van der Waals surface area contributed by atoms with E-state index in [-0.39, 0.29) is 42.1 Å². The Morgan fingerprint density at radius 1 is 1.03 bits per heavy atom. The van der Waals surface area contributed by atoms with Gasteiger partial charge in [0.2, 0.25) is 11.8 Å². The number of carbonyl (C=O) groups excluding carboxylic acids is 2. The zero-order valence-electron chi connectivity index (χ0n) is 18.5. The third-order valence-electron chi connectivity index (χ3n) is 6.36. The van der Waals surface area contributed by atoms with E-state index < -0.39 is 0 Å². The van der Waals surface area contributed by atoms with Crippen LogP contribution in [0.3, 0.4) is 0 Å². The summed E-state index contributed by atoms with van der Waals surface area (Å²) < 4.78 is 12.5. The Hall–Kier alpha value is -3.29. The molecule has 0 radical (unpaired) electrons. The number of amides is 2. The molecule has 2 aliphatic heterocycles. The fourth-order valence-electron chi connectivity index (χ4n) is 4.85. The van der Waals surface area contributed by atoms with E-state index in [9.17, 15) is 14.4 Å². The van der Waals surface area contributed by atoms with Crippen LogP contribution in [-0.2, 0) is 22.7 Å². The van der Waals surface area contributed by atoms with Crippen LogP contribution in [0.25, 0.3) is 0 Å². The Kier molecular flexibility index (Phi) is 6.48. The van der Waals surface area contributed by atoms with Crippen molar-refractivity contribution in [3.8, 4) is 11.5 Å². The molecule has 3 heterocycles. The second-order valence-electron chi connectivity index (χ2n) is 8.43. The van der Waals surface area contributed by atoms with Crippen LogP contribution in [0.15, 0.2) is 41.2 Å². The van der Waals surface area contributed by atoms with Crippen LogP contribution in [0.2, 0.25) is 0 Å². The van der Waals surface area contributed by atoms with Crippen LogP contribution >= 0.6 is 0 Å². The molecule has 2 bridgehead atoms. The highest BCUT2D eigenvalue weighted by Crippen LogP contribution is 2.35. The summed E-state index contributed by atoms with van der Waals surface area (Å²) in [5, 5.41) is 2.86. The Morgan fingerprint density at radius 2 is 1.84 bits per heavy atom. The second-order valence-corrected chi connectivity index (χ2v) is 8.43. The molecular weight excluding hydrogens is 410 g/mol. The molecule has 1 fully saturated rings. The Bertz CT molecular complexity index is 1060. The molecule has 8 heteroatoms. The van der Waals surface area contributed by atoms with Crippen molar-refractivity contribution in [3.05, 3.63) is 58.0 Å². The van der Waals surface area contributed by atoms with Gasteiger partial charge in [-0.25, -0.2) is 0 Å². The third kappa shape index (κ3) is 4.49. The van der Waals surface area contributed by atoms with Gasteiger partial charge in [0, 0.05) is 62.3 Å². The monoisotopic (exact) mass is 439 g/mol. The number of para-hydroxylation sites is 1. The molecule has 2 aliphatic rings. The molecule has 0 spiro atoms. The Morgan fingerprint density at radius 3 is 2.62 bits per heavy atom. The van der Waals surface area contributed by atoms with Crippen LogP contribution in [-0.4, -0.2) is 48.6 Å². The summed E-state index contributed by atoms with van der Waals surface area (Å²) in [5.74, 6) is 1.45. The number of fused-ring (bicyclic) bond motifs is 4. The first-order valence-electron chi connectivity index (χ1n) is 10.9. The number of rotatable bonds is 7. The standard InChI is InChI=1S/C24H29N3O5/c1-31-20-7-3-5-17(24(20)32-2)12-25-21(28)9-10-22(29)26-13-16-11-18(15-26)19-6-4-8-23(30)27(19)14-16/h3-8,16,18H,9-15H2,1-2H3,(H,25,28)/t16-,18+/m1/s1. The van der Waals surface area contributed by atoms with Gasteiger partial charge < -0.3 is 24.3 Å². The van der Waals surface area contributed by atoms with Gasteiger partial charge in [-0.05, 0) is 24.5 Å². The fraction of sp³-hybridized carbons (Fsp3) is 0.458. The lowest BCUT2D eigenvalue weighted by Gasteiger charge is -2.42. The largest absolute Gasteiger partial charge is 0.493 e. The van der Waals surface area contributed by atoms with Gasteiger partial charge in [0.05, 0.1) is 14.2 Å². The number of nitrogens with one attached hydrogen (secondary N) is 1. The second kappa shape index (κ2) is 9.46. The van der Waals surface area contributed by atoms with Gasteiger partial charge in [-0.15, -0.1) is 0 Å². The summed E-state index contributed by atoms with van der Waals surface area (Å²) in [7, 11) is 3.13. The molecular formula is C24H29N3O5. The van der Waals surface area contributed by atoms with Gasteiger partial charge in [0.15, 0.2) is 11.5 Å². The molecule has 32 heavy (non-hydrogen) atoms. The number of piperidine rings is 1. The third-order valence-corrected chi connectivity index (χ3v) is 6.36. The van der Waals surface area contributed by atoms with Gasteiger partial charge in [0.25, 0.3) is 5.56 Å². The Balaban J connectivity index is 1.30. The maximum atomic E-state index is 12.8. The lowest BCUT2D eigenvalue weighted by atomic mass is 9.83. The number of pyridine rings is 1. The van der Waals surface area contributed by atoms with Gasteiger partial charge in [-0.3, -0.25) is 14.4 Å². The molecule has 0 saturated carbocycles. The number of methoxy groups -OCH3 is 2. The summed E-state index contributed by atoms with van der Waals surface area (Å²) in [6.07, 6.45) is 1.30. The van der Waals surface area contributed by atoms with Crippen molar-refractivity contribution in [3.63, 3.8) is 0 Å². The first kappa shape index (κ1) is 21.9. The first-order chi connectivity index (χ1) is 15.5. The van der Waals surface area contributed by atoms with E-state index in [1.54, 1.807) is 32.4 Å². The molecule has 8 nitrogen and oxygen atoms in total. The maximum absolute atomic E-state index is 12.8. The topological polar surface area (TPSA) is 89.9 Å². The number of carbonyl (C=O) groups is 2. The minimum Gasteiger partial charge on any atom is -0.493 e. The van der Waals surface area contributed by atoms with Crippen molar-refractivity contribution in [2.24, 2.45) is 5.92 Å². The lowest BCUT2D eigenvalue weighted by molar-refractivity contribution is -0.136. The number of nitrogens with zero attached hydrogens (tertiary/aromatic N) is 2. The number of benzene rings is 1. The van der Waals surface area contributed by atoms with Crippen molar-refractivity contribution in [2.75, 3.05) is 27.3 Å². The fourth-order valence-corrected chi connectivity index (χ4v) is 4.85. The summed E-state index contributed by atoms with van der Waals surface area (Å²) >= 11 is 0. The SMILES string of the molecule is COc1cccc(CNC(=O)CCC(=O)N2C[C@H]3C[C@@H](C2)c2cccc(=O)n2C3)c1OC. The van der Waals surface area contributed by atoms with Crippen molar-refractivity contribution < 1.29 is 19.1 Å². The van der Waals surface area contributed by atoms with Crippen LogP contribution in [0, 0.1) is 5.92 Å². The van der Waals surface area contributed by atoms with Crippen LogP contribution in [0.4, 0.5) is 0 Å². The molecule has 170 valence electrons. The highest BCUT2D eigenvalue weighted by atomic mass is 16.5. The molecule has 4 rings (SSSR count). The van der Waals surface area contributed by atoms with Gasteiger partial charge in [0.1, 0.15) is 0 Å². The number of aromatic nitrogens is 1. The van der Waals surface area contributed by atoms with E-state index in [2.05, 4.69) is 5.32 Å². The highest BCUT2D eigenvalue weighted by Gasteiger charge is 2.36. The summed E-state index contributed by atoms with van der Waals surface area (Å²) in [4.78, 5) is 39.2. The van der Waals surface area contributed by atoms with E-state index in [1.165, 1.54) is 0 Å². The normalized spacial score (nSPS) is 19.1. The smallest absolute Gasteiger partial charge is 0.250 e. The average molecular weight is 440 g/mol. The summed E-state index contributed by atoms with van der Waals surface area (Å²) in [6, 6.07) is 10.9. The number of hydrogen-bond acceptors (Lipinski definition) is 5. The van der Waals surface area contributed by atoms with E-state index in [1.807, 2.05) is 27.7 Å². The van der Waals surface area contributed by atoms with Gasteiger partial charge in [-0.2, -0.15) is 0 Å². The van der Waals surface area contributed by atoms with Gasteiger partial charge >= 0.3 is 0 Å². The van der Waals surface area contributed by atoms with E-state index >= 15 is 0 Å². The number of likely N-dealkylation sites (tertiary alicyclic amines) is 1. The lowest BCUT2D eigenvalue weighted by Crippen LogP contribution is -2.49. The minimum atomic E-state index is -0.183. The number of ether oxygens (including phenoxy) is 2. The molecule has 0 unspecified atom stereocenters. The van der Waals surface area contributed by atoms with Crippen LogP contribution in [0.1, 0.15) is 36.4 Å². The highest BCUT2D eigenvalue weighted by molar-refractivity contribution is 5.84. The first-order valence-corrected chi connectivity index (χ1v) is 10.9. The molecule has 0 aliphatic carbocycles. The van der Waals surface area contributed by atoms with E-state index in [4.69, 9.17) is 9.47 Å². The molecule has 1 N–H and O–H groups in total. The van der Waals surface area contributed by atoms with Crippen LogP contribution < -0.4 is 20.3 Å². The zero-order valence-corrected chi connectivity index (χ0v) is 18.5. The predicted molar refractivity (Wildman–Crippen MR) is 119 cm³/mol. The number of hydrogen-bond donors (Lipinski definition) is 1. The minimum absolute atomic E-state index is 0.0134. The molecule has 1 aromatic heterocycles. The van der Waals surface area contributed by atoms with E-state index in [0.717, 1.165) is 17.7 Å². The molecule has 2 amide bonds. The quantitative estimate of drug-likeness (QED) is 0.712. The molecule has 2 aromatic rings. The predicted octanol–water partition coefficient (Wildman–Crippen LogP) is 1.91. The van der Waals surface area contributed by atoms with Crippen molar-refractivity contribution in [1.82, 2.24) is 14.8 Å². The van der Waals surface area contributed by atoms with Crippen molar-refractivity contribution in [1.29, 1.82) is 0 Å². The zero-order chi connectivity index (χ0) is 22.7. The summed E-state index contributed by atoms with van der Waals surface area (Å²) in [6.45, 7) is 2.19. The molecule has 2 atom stereocenters. The maximum Gasteiger partial charge on any atom is 0.250 e. The summed E-state index contributed by atoms with van der Waals surface area (Å²) in [5.41, 5.74) is 1.85. The van der Waals surface area contributed by atoms with Crippen molar-refractivity contribution in [2.45, 2.75) is 38.3 Å².